The smallest absolute Gasteiger partial charge is 0.286 e. The van der Waals surface area contributed by atoms with E-state index in [4.69, 9.17) is 0 Å². The Balaban J connectivity index is 1.50. The number of benzene rings is 2. The quantitative estimate of drug-likeness (QED) is 0.713. The predicted molar refractivity (Wildman–Crippen MR) is 113 cm³/mol. The molecule has 3 aromatic rings. The molecule has 1 aromatic heterocycles. The molecule has 5 rings (SSSR count). The Kier molecular flexibility index (Phi) is 4.30. The molecule has 2 aliphatic rings. The molecule has 0 amide bonds. The van der Waals surface area contributed by atoms with Gasteiger partial charge in [0.1, 0.15) is 10.7 Å². The lowest BCUT2D eigenvalue weighted by Gasteiger charge is -2.36. The summed E-state index contributed by atoms with van der Waals surface area (Å²) in [6, 6.07) is 19.6. The number of hydrogen-bond donors (Lipinski definition) is 1. The van der Waals surface area contributed by atoms with Crippen LogP contribution in [-0.2, 0) is 16.4 Å². The first-order valence-corrected chi connectivity index (χ1v) is 11.5. The number of nitrogens with zero attached hydrogens (tertiary/aromatic N) is 2. The summed E-state index contributed by atoms with van der Waals surface area (Å²) < 4.78 is 29.2. The lowest BCUT2D eigenvalue weighted by molar-refractivity contribution is 0.246. The highest BCUT2D eigenvalue weighted by Gasteiger charge is 2.32. The van der Waals surface area contributed by atoms with Gasteiger partial charge in [-0.3, -0.25) is 4.90 Å². The first kappa shape index (κ1) is 17.6. The number of fused-ring (bicyclic) bond motifs is 2. The average molecular weight is 410 g/mol. The summed E-state index contributed by atoms with van der Waals surface area (Å²) in [7, 11) is -3.67. The third-order valence-electron chi connectivity index (χ3n) is 5.21. The van der Waals surface area contributed by atoms with Gasteiger partial charge in [-0.15, -0.1) is 15.7 Å². The molecule has 28 heavy (non-hydrogen) atoms. The van der Waals surface area contributed by atoms with Crippen molar-refractivity contribution in [3.05, 3.63) is 82.0 Å². The van der Waals surface area contributed by atoms with Crippen molar-refractivity contribution in [1.82, 2.24) is 4.90 Å². The SMILES string of the molecule is O=S1(=O)N=C(CN2CCc3sccc3C2c2ccccc2)Nc2ccccc21. The first-order valence-electron chi connectivity index (χ1n) is 9.17. The second-order valence-electron chi connectivity index (χ2n) is 6.97. The topological polar surface area (TPSA) is 61.8 Å². The van der Waals surface area contributed by atoms with Gasteiger partial charge in [0.05, 0.1) is 18.3 Å². The van der Waals surface area contributed by atoms with Crippen LogP contribution in [0.1, 0.15) is 22.0 Å². The zero-order chi connectivity index (χ0) is 19.1. The number of nitrogens with one attached hydrogen (secondary N) is 1. The second kappa shape index (κ2) is 6.84. The molecule has 0 spiro atoms. The monoisotopic (exact) mass is 409 g/mol. The fourth-order valence-corrected chi connectivity index (χ4v) is 6.04. The molecule has 1 atom stereocenters. The molecule has 3 heterocycles. The fourth-order valence-electron chi connectivity index (χ4n) is 3.99. The van der Waals surface area contributed by atoms with Crippen LogP contribution in [0.25, 0.3) is 0 Å². The van der Waals surface area contributed by atoms with Gasteiger partial charge in [0, 0.05) is 11.4 Å². The molecule has 0 aliphatic carbocycles. The third kappa shape index (κ3) is 3.05. The highest BCUT2D eigenvalue weighted by Crippen LogP contribution is 2.38. The average Bonchev–Trinajstić information content (AvgIpc) is 3.17. The van der Waals surface area contributed by atoms with Crippen molar-refractivity contribution in [2.45, 2.75) is 17.4 Å². The van der Waals surface area contributed by atoms with Crippen LogP contribution in [0.15, 0.2) is 75.3 Å². The van der Waals surface area contributed by atoms with Gasteiger partial charge in [-0.25, -0.2) is 0 Å². The number of amidine groups is 1. The van der Waals surface area contributed by atoms with Crippen LogP contribution in [0.5, 0.6) is 0 Å². The van der Waals surface area contributed by atoms with Gasteiger partial charge in [-0.05, 0) is 41.1 Å². The maximum Gasteiger partial charge on any atom is 0.286 e. The molecule has 0 fully saturated rings. The molecule has 2 aromatic carbocycles. The first-order chi connectivity index (χ1) is 13.6. The van der Waals surface area contributed by atoms with Crippen LogP contribution in [0.4, 0.5) is 5.69 Å². The Bertz CT molecular complexity index is 1150. The van der Waals surface area contributed by atoms with Crippen molar-refractivity contribution >= 4 is 32.9 Å². The Morgan fingerprint density at radius 3 is 2.71 bits per heavy atom. The Labute approximate surface area is 168 Å². The van der Waals surface area contributed by atoms with Gasteiger partial charge in [0.15, 0.2) is 0 Å². The number of sulfonamides is 1. The molecule has 5 nitrogen and oxygen atoms in total. The lowest BCUT2D eigenvalue weighted by atomic mass is 9.93. The van der Waals surface area contributed by atoms with Crippen LogP contribution >= 0.6 is 11.3 Å². The minimum Gasteiger partial charge on any atom is -0.341 e. The van der Waals surface area contributed by atoms with Gasteiger partial charge >= 0.3 is 0 Å². The van der Waals surface area contributed by atoms with Gasteiger partial charge in [-0.2, -0.15) is 8.42 Å². The Hall–Kier alpha value is -2.48. The van der Waals surface area contributed by atoms with Gasteiger partial charge < -0.3 is 5.32 Å². The van der Waals surface area contributed by atoms with Crippen LogP contribution in [0.3, 0.4) is 0 Å². The molecule has 1 unspecified atom stereocenters. The number of hydrogen-bond acceptors (Lipinski definition) is 5. The van der Waals surface area contributed by atoms with Gasteiger partial charge in [0.2, 0.25) is 0 Å². The normalized spacial score (nSPS) is 20.6. The van der Waals surface area contributed by atoms with Crippen molar-refractivity contribution in [2.24, 2.45) is 4.40 Å². The van der Waals surface area contributed by atoms with Gasteiger partial charge in [-0.1, -0.05) is 42.5 Å². The van der Waals surface area contributed by atoms with E-state index in [0.717, 1.165) is 13.0 Å². The highest BCUT2D eigenvalue weighted by atomic mass is 32.2. The fraction of sp³-hybridized carbons (Fsp3) is 0.190. The second-order valence-corrected chi connectivity index (χ2v) is 9.54. The highest BCUT2D eigenvalue weighted by molar-refractivity contribution is 7.90. The maximum absolute atomic E-state index is 12.6. The summed E-state index contributed by atoms with van der Waals surface area (Å²) in [6.45, 7) is 1.30. The lowest BCUT2D eigenvalue weighted by Crippen LogP contribution is -2.41. The molecule has 142 valence electrons. The van der Waals surface area contributed by atoms with Crippen LogP contribution < -0.4 is 5.32 Å². The van der Waals surface area contributed by atoms with E-state index in [1.807, 2.05) is 24.3 Å². The summed E-state index contributed by atoms with van der Waals surface area (Å²) >= 11 is 1.79. The van der Waals surface area contributed by atoms with E-state index in [-0.39, 0.29) is 10.9 Å². The Morgan fingerprint density at radius 2 is 1.86 bits per heavy atom. The van der Waals surface area contributed by atoms with Crippen molar-refractivity contribution in [1.29, 1.82) is 0 Å². The third-order valence-corrected chi connectivity index (χ3v) is 7.58. The molecule has 0 saturated carbocycles. The zero-order valence-corrected chi connectivity index (χ0v) is 16.7. The summed E-state index contributed by atoms with van der Waals surface area (Å²) in [4.78, 5) is 3.94. The van der Waals surface area contributed by atoms with Crippen molar-refractivity contribution in [3.63, 3.8) is 0 Å². The van der Waals surface area contributed by atoms with E-state index in [0.29, 0.717) is 18.1 Å². The number of anilines is 1. The Morgan fingerprint density at radius 1 is 1.07 bits per heavy atom. The van der Waals surface area contributed by atoms with Crippen molar-refractivity contribution < 1.29 is 8.42 Å². The summed E-state index contributed by atoms with van der Waals surface area (Å²) in [5, 5.41) is 5.36. The van der Waals surface area contributed by atoms with Crippen LogP contribution in [-0.4, -0.2) is 32.2 Å². The molecule has 7 heteroatoms. The van der Waals surface area contributed by atoms with Crippen LogP contribution in [0.2, 0.25) is 0 Å². The summed E-state index contributed by atoms with van der Waals surface area (Å²) in [5.41, 5.74) is 3.11. The predicted octanol–water partition coefficient (Wildman–Crippen LogP) is 3.91. The van der Waals surface area contributed by atoms with Crippen molar-refractivity contribution in [3.8, 4) is 0 Å². The molecular formula is C21H19N3O2S2. The van der Waals surface area contributed by atoms with E-state index in [9.17, 15) is 8.42 Å². The molecule has 2 aliphatic heterocycles. The maximum atomic E-state index is 12.6. The minimum absolute atomic E-state index is 0.0978. The molecule has 1 N–H and O–H groups in total. The zero-order valence-electron chi connectivity index (χ0n) is 15.1. The molecule has 0 saturated heterocycles. The van der Waals surface area contributed by atoms with Crippen molar-refractivity contribution in [2.75, 3.05) is 18.4 Å². The molecular weight excluding hydrogens is 390 g/mol. The van der Waals surface area contributed by atoms with E-state index in [1.165, 1.54) is 16.0 Å². The number of thiophene rings is 1. The molecule has 0 bridgehead atoms. The number of para-hydroxylation sites is 1. The number of rotatable bonds is 3. The van der Waals surface area contributed by atoms with Gasteiger partial charge in [0.25, 0.3) is 10.0 Å². The van der Waals surface area contributed by atoms with E-state index < -0.39 is 10.0 Å². The van der Waals surface area contributed by atoms with Crippen LogP contribution in [0, 0.1) is 0 Å². The largest absolute Gasteiger partial charge is 0.341 e. The standard InChI is InChI=1S/C21H19N3O2S2/c25-28(26)19-9-5-4-8-17(19)22-20(23-28)14-24-12-10-18-16(11-13-27-18)21(24)15-6-2-1-3-7-15/h1-9,11,13,21H,10,12,14H2,(H,22,23). The minimum atomic E-state index is -3.67. The van der Waals surface area contributed by atoms with E-state index in [2.05, 4.69) is 38.2 Å². The van der Waals surface area contributed by atoms with E-state index >= 15 is 0 Å². The summed E-state index contributed by atoms with van der Waals surface area (Å²) in [5.74, 6) is 0.471. The van der Waals surface area contributed by atoms with E-state index in [1.54, 1.807) is 29.5 Å². The molecule has 0 radical (unpaired) electrons. The summed E-state index contributed by atoms with van der Waals surface area (Å²) in [6.07, 6.45) is 0.965.